The Morgan fingerprint density at radius 1 is 0.939 bits per heavy atom. The molecular formula is C25H23NO6S. The quantitative estimate of drug-likeness (QED) is 0.512. The van der Waals surface area contributed by atoms with E-state index in [0.717, 1.165) is 5.56 Å². The number of rotatable bonds is 6. The van der Waals surface area contributed by atoms with Crippen molar-refractivity contribution >= 4 is 27.6 Å². The van der Waals surface area contributed by atoms with Gasteiger partial charge in [0, 0.05) is 6.04 Å². The number of ether oxygens (including phenoxy) is 2. The maximum absolute atomic E-state index is 13.4. The molecule has 8 heteroatoms. The Balaban J connectivity index is 1.51. The van der Waals surface area contributed by atoms with Crippen molar-refractivity contribution in [2.75, 3.05) is 11.4 Å². The fourth-order valence-electron chi connectivity index (χ4n) is 3.89. The van der Waals surface area contributed by atoms with E-state index >= 15 is 0 Å². The number of carbonyl (C=O) groups excluding carboxylic acids is 2. The van der Waals surface area contributed by atoms with Gasteiger partial charge < -0.3 is 9.47 Å². The molecule has 0 saturated carbocycles. The van der Waals surface area contributed by atoms with Gasteiger partial charge in [-0.05, 0) is 60.9 Å². The molecule has 1 atom stereocenters. The molecule has 0 saturated heterocycles. The second-order valence-electron chi connectivity index (χ2n) is 7.78. The monoisotopic (exact) mass is 465 g/mol. The number of anilines is 1. The molecular weight excluding hydrogens is 442 g/mol. The SMILES string of the molecule is COC(=O)c1ccc(COC(=O)c2cccc(S(=O)(=O)N3c4ccccc4C[C@@H]3C)c2)cc1. The predicted molar refractivity (Wildman–Crippen MR) is 123 cm³/mol. The van der Waals surface area contributed by atoms with E-state index in [4.69, 9.17) is 4.74 Å². The van der Waals surface area contributed by atoms with E-state index in [2.05, 4.69) is 4.74 Å². The number of sulfonamides is 1. The zero-order valence-corrected chi connectivity index (χ0v) is 19.0. The van der Waals surface area contributed by atoms with Crippen molar-refractivity contribution in [3.8, 4) is 0 Å². The number of nitrogens with zero attached hydrogens (tertiary/aromatic N) is 1. The minimum atomic E-state index is -3.86. The molecule has 170 valence electrons. The number of para-hydroxylation sites is 1. The van der Waals surface area contributed by atoms with Gasteiger partial charge in [-0.15, -0.1) is 0 Å². The summed E-state index contributed by atoms with van der Waals surface area (Å²) < 4.78 is 38.2. The van der Waals surface area contributed by atoms with E-state index in [1.54, 1.807) is 30.3 Å². The molecule has 0 fully saturated rings. The van der Waals surface area contributed by atoms with Gasteiger partial charge in [0.25, 0.3) is 10.0 Å². The number of esters is 2. The molecule has 3 aromatic rings. The summed E-state index contributed by atoms with van der Waals surface area (Å²) >= 11 is 0. The standard InChI is InChI=1S/C25H23NO6S/c1-17-14-20-6-3-4-9-23(20)26(17)33(29,30)22-8-5-7-21(15-22)25(28)32-16-18-10-12-19(13-11-18)24(27)31-2/h3-13,15,17H,14,16H2,1-2H3/t17-/m0/s1. The third kappa shape index (κ3) is 4.47. The lowest BCUT2D eigenvalue weighted by atomic mass is 10.1. The van der Waals surface area contributed by atoms with Gasteiger partial charge in [-0.2, -0.15) is 0 Å². The Kier molecular flexibility index (Phi) is 6.20. The minimum absolute atomic E-state index is 0.0200. The molecule has 0 amide bonds. The van der Waals surface area contributed by atoms with Crippen LogP contribution in [-0.4, -0.2) is 33.5 Å². The van der Waals surface area contributed by atoms with Crippen LogP contribution in [0.5, 0.6) is 0 Å². The van der Waals surface area contributed by atoms with Crippen LogP contribution in [0.3, 0.4) is 0 Å². The van der Waals surface area contributed by atoms with Gasteiger partial charge >= 0.3 is 11.9 Å². The van der Waals surface area contributed by atoms with E-state index in [1.807, 2.05) is 25.1 Å². The summed E-state index contributed by atoms with van der Waals surface area (Å²) in [5, 5.41) is 0. The van der Waals surface area contributed by atoms with E-state index in [0.29, 0.717) is 23.2 Å². The molecule has 0 aliphatic carbocycles. The van der Waals surface area contributed by atoms with E-state index in [-0.39, 0.29) is 23.1 Å². The Bertz CT molecular complexity index is 1300. The molecule has 0 N–H and O–H groups in total. The lowest BCUT2D eigenvalue weighted by Gasteiger charge is -2.24. The Hall–Kier alpha value is -3.65. The number of hydrogen-bond donors (Lipinski definition) is 0. The molecule has 0 bridgehead atoms. The van der Waals surface area contributed by atoms with Gasteiger partial charge in [0.2, 0.25) is 0 Å². The smallest absolute Gasteiger partial charge is 0.338 e. The molecule has 33 heavy (non-hydrogen) atoms. The molecule has 7 nitrogen and oxygen atoms in total. The summed E-state index contributed by atoms with van der Waals surface area (Å²) in [5.41, 5.74) is 2.85. The van der Waals surface area contributed by atoms with Gasteiger partial charge in [-0.25, -0.2) is 18.0 Å². The first-order chi connectivity index (χ1) is 15.8. The van der Waals surface area contributed by atoms with E-state index < -0.39 is 22.0 Å². The van der Waals surface area contributed by atoms with Crippen molar-refractivity contribution in [1.29, 1.82) is 0 Å². The minimum Gasteiger partial charge on any atom is -0.465 e. The zero-order chi connectivity index (χ0) is 23.6. The van der Waals surface area contributed by atoms with Crippen molar-refractivity contribution in [2.45, 2.75) is 30.9 Å². The summed E-state index contributed by atoms with van der Waals surface area (Å²) in [6, 6.07) is 19.5. The van der Waals surface area contributed by atoms with Gasteiger partial charge in [0.05, 0.1) is 28.8 Å². The molecule has 3 aromatic carbocycles. The largest absolute Gasteiger partial charge is 0.465 e. The number of benzene rings is 3. The first-order valence-corrected chi connectivity index (χ1v) is 11.8. The van der Waals surface area contributed by atoms with Gasteiger partial charge in [0.1, 0.15) is 6.61 Å². The van der Waals surface area contributed by atoms with Crippen molar-refractivity contribution in [3.63, 3.8) is 0 Å². The fraction of sp³-hybridized carbons (Fsp3) is 0.200. The van der Waals surface area contributed by atoms with E-state index in [9.17, 15) is 18.0 Å². The fourth-order valence-corrected chi connectivity index (χ4v) is 5.63. The summed E-state index contributed by atoms with van der Waals surface area (Å²) in [4.78, 5) is 24.1. The average Bonchev–Trinajstić information content (AvgIpc) is 3.18. The summed E-state index contributed by atoms with van der Waals surface area (Å²) in [5.74, 6) is -1.09. The molecule has 0 radical (unpaired) electrons. The number of methoxy groups -OCH3 is 1. The highest BCUT2D eigenvalue weighted by Gasteiger charge is 2.36. The summed E-state index contributed by atoms with van der Waals surface area (Å²) in [6.07, 6.45) is 0.631. The lowest BCUT2D eigenvalue weighted by molar-refractivity contribution is 0.0471. The normalized spacial score (nSPS) is 15.1. The lowest BCUT2D eigenvalue weighted by Crippen LogP contribution is -2.35. The zero-order valence-electron chi connectivity index (χ0n) is 18.2. The van der Waals surface area contributed by atoms with Crippen LogP contribution in [-0.2, 0) is 32.5 Å². The molecule has 0 aromatic heterocycles. The van der Waals surface area contributed by atoms with Crippen LogP contribution < -0.4 is 4.31 Å². The highest BCUT2D eigenvalue weighted by atomic mass is 32.2. The van der Waals surface area contributed by atoms with Crippen LogP contribution >= 0.6 is 0 Å². The topological polar surface area (TPSA) is 90.0 Å². The summed E-state index contributed by atoms with van der Waals surface area (Å²) in [6.45, 7) is 1.84. The van der Waals surface area contributed by atoms with Gasteiger partial charge in [0.15, 0.2) is 0 Å². The number of hydrogen-bond acceptors (Lipinski definition) is 6. The van der Waals surface area contributed by atoms with Crippen LogP contribution in [0.4, 0.5) is 5.69 Å². The Morgan fingerprint density at radius 2 is 1.67 bits per heavy atom. The van der Waals surface area contributed by atoms with Gasteiger partial charge in [-0.1, -0.05) is 36.4 Å². The third-order valence-electron chi connectivity index (χ3n) is 5.52. The Morgan fingerprint density at radius 3 is 2.39 bits per heavy atom. The van der Waals surface area contributed by atoms with Crippen molar-refractivity contribution in [2.24, 2.45) is 0 Å². The maximum atomic E-state index is 13.4. The number of carbonyl (C=O) groups is 2. The van der Waals surface area contributed by atoms with Crippen LogP contribution in [0, 0.1) is 0 Å². The Labute approximate surface area is 192 Å². The molecule has 1 heterocycles. The first-order valence-electron chi connectivity index (χ1n) is 10.4. The highest BCUT2D eigenvalue weighted by Crippen LogP contribution is 2.36. The third-order valence-corrected chi connectivity index (χ3v) is 7.44. The van der Waals surface area contributed by atoms with Gasteiger partial charge in [-0.3, -0.25) is 4.31 Å². The van der Waals surface area contributed by atoms with Crippen molar-refractivity contribution < 1.29 is 27.5 Å². The second-order valence-corrected chi connectivity index (χ2v) is 9.59. The molecule has 4 rings (SSSR count). The van der Waals surface area contributed by atoms with Crippen LogP contribution in [0.15, 0.2) is 77.7 Å². The van der Waals surface area contributed by atoms with Crippen molar-refractivity contribution in [3.05, 3.63) is 95.1 Å². The average molecular weight is 466 g/mol. The molecule has 1 aliphatic rings. The van der Waals surface area contributed by atoms with Crippen LogP contribution in [0.25, 0.3) is 0 Å². The van der Waals surface area contributed by atoms with Crippen LogP contribution in [0.1, 0.15) is 38.8 Å². The second kappa shape index (κ2) is 9.07. The molecule has 0 unspecified atom stereocenters. The molecule has 0 spiro atoms. The predicted octanol–water partition coefficient (Wildman–Crippen LogP) is 3.97. The number of fused-ring (bicyclic) bond motifs is 1. The maximum Gasteiger partial charge on any atom is 0.338 e. The van der Waals surface area contributed by atoms with E-state index in [1.165, 1.54) is 35.7 Å². The van der Waals surface area contributed by atoms with Crippen molar-refractivity contribution in [1.82, 2.24) is 0 Å². The van der Waals surface area contributed by atoms with Crippen LogP contribution in [0.2, 0.25) is 0 Å². The summed E-state index contributed by atoms with van der Waals surface area (Å²) in [7, 11) is -2.56. The molecule has 1 aliphatic heterocycles. The highest BCUT2D eigenvalue weighted by molar-refractivity contribution is 7.92. The first kappa shape index (κ1) is 22.5.